The standard InChI is InChI=1S/C18H24N4OS/c1-10(2)14-7-5-6-11(3)15(14)19-17(23)12(4)24-18-20-16(21-22-18)13-8-9-13/h5-7,10,12-13H,8-9H2,1-4H3,(H,19,23)(H,20,21,22). The molecule has 1 aromatic heterocycles. The minimum absolute atomic E-state index is 0.0195. The number of para-hydroxylation sites is 1. The van der Waals surface area contributed by atoms with Gasteiger partial charge in [-0.25, -0.2) is 4.98 Å². The summed E-state index contributed by atoms with van der Waals surface area (Å²) in [6.07, 6.45) is 2.36. The first-order valence-electron chi connectivity index (χ1n) is 8.45. The normalized spacial score (nSPS) is 15.5. The van der Waals surface area contributed by atoms with Gasteiger partial charge in [-0.3, -0.25) is 9.89 Å². The monoisotopic (exact) mass is 344 g/mol. The number of aromatic nitrogens is 3. The van der Waals surface area contributed by atoms with E-state index in [0.29, 0.717) is 17.0 Å². The Morgan fingerprint density at radius 3 is 2.75 bits per heavy atom. The largest absolute Gasteiger partial charge is 0.325 e. The predicted octanol–water partition coefficient (Wildman–Crippen LogP) is 4.23. The maximum atomic E-state index is 12.6. The van der Waals surface area contributed by atoms with Crippen LogP contribution in [-0.4, -0.2) is 26.3 Å². The molecule has 1 amide bonds. The Morgan fingerprint density at radius 1 is 1.33 bits per heavy atom. The highest BCUT2D eigenvalue weighted by Gasteiger charge is 2.28. The summed E-state index contributed by atoms with van der Waals surface area (Å²) in [6, 6.07) is 6.13. The number of aryl methyl sites for hydroxylation is 1. The van der Waals surface area contributed by atoms with Crippen molar-refractivity contribution in [3.05, 3.63) is 35.2 Å². The number of nitrogens with zero attached hydrogens (tertiary/aromatic N) is 2. The molecule has 1 unspecified atom stereocenters. The van der Waals surface area contributed by atoms with Gasteiger partial charge in [0.2, 0.25) is 11.1 Å². The van der Waals surface area contributed by atoms with E-state index in [-0.39, 0.29) is 11.2 Å². The van der Waals surface area contributed by atoms with E-state index in [4.69, 9.17) is 0 Å². The summed E-state index contributed by atoms with van der Waals surface area (Å²) >= 11 is 1.39. The second-order valence-corrected chi connectivity index (χ2v) is 8.03. The van der Waals surface area contributed by atoms with Crippen molar-refractivity contribution in [1.29, 1.82) is 0 Å². The summed E-state index contributed by atoms with van der Waals surface area (Å²) in [5.74, 6) is 1.83. The molecule has 1 saturated carbocycles. The molecule has 0 aliphatic heterocycles. The summed E-state index contributed by atoms with van der Waals surface area (Å²) in [5, 5.41) is 10.7. The van der Waals surface area contributed by atoms with E-state index in [9.17, 15) is 4.79 Å². The molecule has 3 rings (SSSR count). The Labute approximate surface area is 147 Å². The van der Waals surface area contributed by atoms with Crippen LogP contribution in [0.15, 0.2) is 23.4 Å². The summed E-state index contributed by atoms with van der Waals surface area (Å²) < 4.78 is 0. The lowest BCUT2D eigenvalue weighted by Gasteiger charge is -2.18. The van der Waals surface area contributed by atoms with Gasteiger partial charge in [-0.15, -0.1) is 5.10 Å². The van der Waals surface area contributed by atoms with E-state index in [1.54, 1.807) is 0 Å². The SMILES string of the molecule is Cc1cccc(C(C)C)c1NC(=O)C(C)Sc1n[nH]c(C2CC2)n1. The zero-order valence-corrected chi connectivity index (χ0v) is 15.4. The van der Waals surface area contributed by atoms with Crippen LogP contribution in [-0.2, 0) is 4.79 Å². The number of aromatic amines is 1. The molecule has 1 aliphatic rings. The van der Waals surface area contributed by atoms with Gasteiger partial charge in [-0.1, -0.05) is 43.8 Å². The highest BCUT2D eigenvalue weighted by molar-refractivity contribution is 8.00. The number of nitrogens with one attached hydrogen (secondary N) is 2. The number of H-pyrrole nitrogens is 1. The van der Waals surface area contributed by atoms with Gasteiger partial charge < -0.3 is 5.32 Å². The first-order chi connectivity index (χ1) is 11.5. The number of anilines is 1. The fourth-order valence-corrected chi connectivity index (χ4v) is 3.36. The average Bonchev–Trinajstić information content (AvgIpc) is 3.29. The second kappa shape index (κ2) is 6.97. The smallest absolute Gasteiger partial charge is 0.237 e. The number of thioether (sulfide) groups is 1. The van der Waals surface area contributed by atoms with E-state index in [1.807, 2.05) is 26.0 Å². The van der Waals surface area contributed by atoms with Crippen LogP contribution in [0.2, 0.25) is 0 Å². The lowest BCUT2D eigenvalue weighted by atomic mass is 9.98. The summed E-state index contributed by atoms with van der Waals surface area (Å²) in [7, 11) is 0. The average molecular weight is 344 g/mol. The number of benzene rings is 1. The molecule has 6 heteroatoms. The van der Waals surface area contributed by atoms with Crippen molar-refractivity contribution >= 4 is 23.4 Å². The summed E-state index contributed by atoms with van der Waals surface area (Å²) in [4.78, 5) is 17.1. The topological polar surface area (TPSA) is 70.7 Å². The van der Waals surface area contributed by atoms with E-state index < -0.39 is 0 Å². The van der Waals surface area contributed by atoms with Gasteiger partial charge in [0.05, 0.1) is 5.25 Å². The third-order valence-electron chi connectivity index (χ3n) is 4.27. The number of hydrogen-bond donors (Lipinski definition) is 2. The van der Waals surface area contributed by atoms with Gasteiger partial charge in [0.15, 0.2) is 0 Å². The van der Waals surface area contributed by atoms with Crippen molar-refractivity contribution < 1.29 is 4.79 Å². The van der Waals surface area contributed by atoms with Crippen molar-refractivity contribution in [2.75, 3.05) is 5.32 Å². The predicted molar refractivity (Wildman–Crippen MR) is 97.6 cm³/mol. The molecule has 0 radical (unpaired) electrons. The molecule has 1 aliphatic carbocycles. The molecule has 0 saturated heterocycles. The Kier molecular flexibility index (Phi) is 4.94. The van der Waals surface area contributed by atoms with Crippen molar-refractivity contribution in [1.82, 2.24) is 15.2 Å². The van der Waals surface area contributed by atoms with Crippen LogP contribution < -0.4 is 5.32 Å². The molecular formula is C18H24N4OS. The van der Waals surface area contributed by atoms with E-state index in [1.165, 1.54) is 24.6 Å². The van der Waals surface area contributed by atoms with Gasteiger partial charge in [0.25, 0.3) is 0 Å². The number of amides is 1. The highest BCUT2D eigenvalue weighted by atomic mass is 32.2. The van der Waals surface area contributed by atoms with Gasteiger partial charge in [-0.2, -0.15) is 0 Å². The van der Waals surface area contributed by atoms with Crippen LogP contribution in [0.3, 0.4) is 0 Å². The molecule has 1 aromatic carbocycles. The molecule has 128 valence electrons. The summed E-state index contributed by atoms with van der Waals surface area (Å²) in [6.45, 7) is 8.18. The second-order valence-electron chi connectivity index (χ2n) is 6.72. The molecular weight excluding hydrogens is 320 g/mol. The molecule has 2 N–H and O–H groups in total. The van der Waals surface area contributed by atoms with Crippen LogP contribution >= 0.6 is 11.8 Å². The lowest BCUT2D eigenvalue weighted by Crippen LogP contribution is -2.24. The number of carbonyl (C=O) groups is 1. The molecule has 1 heterocycles. The Hall–Kier alpha value is -1.82. The fraction of sp³-hybridized carbons (Fsp3) is 0.500. The maximum Gasteiger partial charge on any atom is 0.237 e. The molecule has 0 bridgehead atoms. The number of rotatable bonds is 6. The molecule has 5 nitrogen and oxygen atoms in total. The van der Waals surface area contributed by atoms with Crippen LogP contribution in [0.25, 0.3) is 0 Å². The molecule has 0 spiro atoms. The quantitative estimate of drug-likeness (QED) is 0.769. The van der Waals surface area contributed by atoms with Gasteiger partial charge in [-0.05, 0) is 43.7 Å². The van der Waals surface area contributed by atoms with E-state index in [2.05, 4.69) is 40.4 Å². The fourth-order valence-electron chi connectivity index (χ4n) is 2.63. The Balaban J connectivity index is 1.67. The Bertz CT molecular complexity index is 736. The van der Waals surface area contributed by atoms with Gasteiger partial charge in [0.1, 0.15) is 5.82 Å². The number of carbonyl (C=O) groups excluding carboxylic acids is 1. The minimum atomic E-state index is -0.257. The highest BCUT2D eigenvalue weighted by Crippen LogP contribution is 2.38. The van der Waals surface area contributed by atoms with Crippen LogP contribution in [0.5, 0.6) is 0 Å². The zero-order valence-electron chi connectivity index (χ0n) is 14.6. The van der Waals surface area contributed by atoms with E-state index in [0.717, 1.165) is 22.6 Å². The zero-order chi connectivity index (χ0) is 17.3. The summed E-state index contributed by atoms with van der Waals surface area (Å²) in [5.41, 5.74) is 3.17. The van der Waals surface area contributed by atoms with Crippen LogP contribution in [0.4, 0.5) is 5.69 Å². The maximum absolute atomic E-state index is 12.6. The lowest BCUT2D eigenvalue weighted by molar-refractivity contribution is -0.115. The van der Waals surface area contributed by atoms with Crippen LogP contribution in [0, 0.1) is 6.92 Å². The van der Waals surface area contributed by atoms with Crippen molar-refractivity contribution in [2.24, 2.45) is 0 Å². The van der Waals surface area contributed by atoms with Gasteiger partial charge in [0, 0.05) is 11.6 Å². The molecule has 1 atom stereocenters. The van der Waals surface area contributed by atoms with Crippen molar-refractivity contribution in [3.8, 4) is 0 Å². The molecule has 24 heavy (non-hydrogen) atoms. The molecule has 2 aromatic rings. The molecule has 1 fully saturated rings. The first kappa shape index (κ1) is 17.0. The number of hydrogen-bond acceptors (Lipinski definition) is 4. The first-order valence-corrected chi connectivity index (χ1v) is 9.33. The van der Waals surface area contributed by atoms with Gasteiger partial charge >= 0.3 is 0 Å². The van der Waals surface area contributed by atoms with E-state index >= 15 is 0 Å². The minimum Gasteiger partial charge on any atom is -0.325 e. The van der Waals surface area contributed by atoms with Crippen molar-refractivity contribution in [3.63, 3.8) is 0 Å². The Morgan fingerprint density at radius 2 is 2.08 bits per heavy atom. The van der Waals surface area contributed by atoms with Crippen molar-refractivity contribution in [2.45, 2.75) is 62.8 Å². The third-order valence-corrected chi connectivity index (χ3v) is 5.23. The third kappa shape index (κ3) is 3.80. The van der Waals surface area contributed by atoms with Crippen LogP contribution in [0.1, 0.15) is 62.4 Å².